The molecule has 1 aliphatic rings. The molecule has 0 bridgehead atoms. The van der Waals surface area contributed by atoms with Gasteiger partial charge in [-0.1, -0.05) is 0 Å². The minimum Gasteiger partial charge on any atom is -0.310 e. The fourth-order valence-corrected chi connectivity index (χ4v) is 3.94. The summed E-state index contributed by atoms with van der Waals surface area (Å²) < 4.78 is 48.3. The average Bonchev–Trinajstić information content (AvgIpc) is 2.85. The fraction of sp³-hybridized carbons (Fsp3) is 0.700. The minimum atomic E-state index is -2.88. The molecule has 1 aromatic heterocycles. The molecule has 1 N–H and O–H groups in total. The van der Waals surface area contributed by atoms with Gasteiger partial charge in [-0.2, -0.15) is 8.78 Å². The van der Waals surface area contributed by atoms with Crippen LogP contribution in [0, 0.1) is 5.92 Å². The van der Waals surface area contributed by atoms with Crippen LogP contribution in [-0.2, 0) is 16.4 Å². The maximum atomic E-state index is 12.5. The van der Waals surface area contributed by atoms with E-state index in [-0.39, 0.29) is 29.8 Å². The molecule has 8 heteroatoms. The van der Waals surface area contributed by atoms with Crippen molar-refractivity contribution in [3.05, 3.63) is 18.2 Å². The zero-order valence-electron chi connectivity index (χ0n) is 9.72. The first-order chi connectivity index (χ1) is 8.48. The number of imidazole rings is 1. The van der Waals surface area contributed by atoms with Gasteiger partial charge in [0.15, 0.2) is 9.84 Å². The number of halogens is 2. The molecule has 0 amide bonds. The average molecular weight is 279 g/mol. The summed E-state index contributed by atoms with van der Waals surface area (Å²) in [4.78, 5) is 3.83. The lowest BCUT2D eigenvalue weighted by molar-refractivity contribution is 0.0666. The van der Waals surface area contributed by atoms with Crippen molar-refractivity contribution in [1.29, 1.82) is 0 Å². The molecule has 5 nitrogen and oxygen atoms in total. The highest BCUT2D eigenvalue weighted by atomic mass is 32.2. The molecule has 1 saturated heterocycles. The third-order valence-electron chi connectivity index (χ3n) is 3.00. The van der Waals surface area contributed by atoms with Crippen LogP contribution in [0.4, 0.5) is 8.78 Å². The first kappa shape index (κ1) is 13.4. The molecule has 1 atom stereocenters. The van der Waals surface area contributed by atoms with Crippen LogP contribution in [-0.4, -0.2) is 36.0 Å². The Hall–Kier alpha value is -1.02. The minimum absolute atomic E-state index is 0.0740. The number of nitrogens with zero attached hydrogens (tertiary/aromatic N) is 2. The van der Waals surface area contributed by atoms with Gasteiger partial charge in [-0.25, -0.2) is 13.4 Å². The number of alkyl halides is 2. The number of hydrogen-bond acceptors (Lipinski definition) is 4. The molecule has 18 heavy (non-hydrogen) atoms. The van der Waals surface area contributed by atoms with E-state index in [4.69, 9.17) is 0 Å². The molecule has 1 aromatic rings. The van der Waals surface area contributed by atoms with Crippen molar-refractivity contribution in [3.63, 3.8) is 0 Å². The third kappa shape index (κ3) is 3.26. The number of aromatic nitrogens is 2. The van der Waals surface area contributed by atoms with Crippen LogP contribution in [0.2, 0.25) is 0 Å². The SMILES string of the molecule is O=S1(=O)CCC(CNCc2nccn2C(F)F)C1. The Balaban J connectivity index is 1.81. The summed E-state index contributed by atoms with van der Waals surface area (Å²) >= 11 is 0. The number of rotatable bonds is 5. The van der Waals surface area contributed by atoms with E-state index < -0.39 is 16.4 Å². The van der Waals surface area contributed by atoms with Crippen LogP contribution in [0.5, 0.6) is 0 Å². The van der Waals surface area contributed by atoms with Crippen molar-refractivity contribution in [3.8, 4) is 0 Å². The van der Waals surface area contributed by atoms with E-state index in [1.54, 1.807) is 0 Å². The molecule has 2 rings (SSSR count). The Morgan fingerprint density at radius 3 is 2.94 bits per heavy atom. The lowest BCUT2D eigenvalue weighted by Crippen LogP contribution is -2.25. The molecule has 0 radical (unpaired) electrons. The van der Waals surface area contributed by atoms with Crippen molar-refractivity contribution in [1.82, 2.24) is 14.9 Å². The first-order valence-electron chi connectivity index (χ1n) is 5.69. The molecule has 1 unspecified atom stereocenters. The van der Waals surface area contributed by atoms with Crippen molar-refractivity contribution in [2.24, 2.45) is 5.92 Å². The van der Waals surface area contributed by atoms with Gasteiger partial charge in [-0.05, 0) is 18.9 Å². The molecule has 1 fully saturated rings. The zero-order valence-corrected chi connectivity index (χ0v) is 10.5. The van der Waals surface area contributed by atoms with E-state index in [2.05, 4.69) is 10.3 Å². The highest BCUT2D eigenvalue weighted by molar-refractivity contribution is 7.91. The molecular weight excluding hydrogens is 264 g/mol. The smallest absolute Gasteiger partial charge is 0.310 e. The van der Waals surface area contributed by atoms with Gasteiger partial charge in [0.2, 0.25) is 0 Å². The van der Waals surface area contributed by atoms with Crippen LogP contribution < -0.4 is 5.32 Å². The topological polar surface area (TPSA) is 64.0 Å². The van der Waals surface area contributed by atoms with Gasteiger partial charge in [-0.3, -0.25) is 4.57 Å². The van der Waals surface area contributed by atoms with Gasteiger partial charge in [0.25, 0.3) is 0 Å². The highest BCUT2D eigenvalue weighted by Gasteiger charge is 2.27. The van der Waals surface area contributed by atoms with Crippen molar-refractivity contribution < 1.29 is 17.2 Å². The monoisotopic (exact) mass is 279 g/mol. The lowest BCUT2D eigenvalue weighted by atomic mass is 10.1. The Labute approximate surface area is 104 Å². The van der Waals surface area contributed by atoms with E-state index >= 15 is 0 Å². The van der Waals surface area contributed by atoms with Gasteiger partial charge in [0.1, 0.15) is 5.82 Å². The summed E-state index contributed by atoms with van der Waals surface area (Å²) in [7, 11) is -2.88. The maximum absolute atomic E-state index is 12.5. The van der Waals surface area contributed by atoms with E-state index in [1.165, 1.54) is 12.4 Å². The van der Waals surface area contributed by atoms with Crippen molar-refractivity contribution in [2.45, 2.75) is 19.5 Å². The number of nitrogens with one attached hydrogen (secondary N) is 1. The maximum Gasteiger partial charge on any atom is 0.319 e. The van der Waals surface area contributed by atoms with E-state index in [0.717, 1.165) is 4.57 Å². The Morgan fingerprint density at radius 2 is 2.33 bits per heavy atom. The van der Waals surface area contributed by atoms with Gasteiger partial charge >= 0.3 is 6.55 Å². The van der Waals surface area contributed by atoms with E-state index in [1.807, 2.05) is 0 Å². The number of hydrogen-bond donors (Lipinski definition) is 1. The van der Waals surface area contributed by atoms with E-state index in [0.29, 0.717) is 13.0 Å². The Kier molecular flexibility index (Phi) is 3.96. The predicted octanol–water partition coefficient (Wildman–Crippen LogP) is 0.802. The molecule has 1 aliphatic heterocycles. The molecule has 0 spiro atoms. The van der Waals surface area contributed by atoms with Crippen LogP contribution >= 0.6 is 0 Å². The first-order valence-corrected chi connectivity index (χ1v) is 7.51. The second-order valence-corrected chi connectivity index (χ2v) is 6.66. The Morgan fingerprint density at radius 1 is 1.56 bits per heavy atom. The molecular formula is C10H15F2N3O2S. The van der Waals surface area contributed by atoms with Crippen LogP contribution in [0.1, 0.15) is 18.8 Å². The summed E-state index contributed by atoms with van der Waals surface area (Å²) in [6.07, 6.45) is 3.18. The van der Waals surface area contributed by atoms with Gasteiger partial charge in [0.05, 0.1) is 18.1 Å². The molecule has 0 aromatic carbocycles. The van der Waals surface area contributed by atoms with Crippen molar-refractivity contribution >= 4 is 9.84 Å². The summed E-state index contributed by atoms with van der Waals surface area (Å²) in [5.74, 6) is 0.740. The zero-order chi connectivity index (χ0) is 13.2. The number of sulfone groups is 1. The lowest BCUT2D eigenvalue weighted by Gasteiger charge is -2.10. The third-order valence-corrected chi connectivity index (χ3v) is 4.84. The normalized spacial score (nSPS) is 22.7. The fourth-order valence-electron chi connectivity index (χ4n) is 2.08. The summed E-state index contributed by atoms with van der Waals surface area (Å²) in [6.45, 7) is -1.88. The van der Waals surface area contributed by atoms with Gasteiger partial charge in [-0.15, -0.1) is 0 Å². The van der Waals surface area contributed by atoms with E-state index in [9.17, 15) is 17.2 Å². The van der Waals surface area contributed by atoms with Crippen LogP contribution in [0.3, 0.4) is 0 Å². The summed E-state index contributed by atoms with van der Waals surface area (Å²) in [6, 6.07) is 0. The molecule has 0 aliphatic carbocycles. The second kappa shape index (κ2) is 5.31. The second-order valence-electron chi connectivity index (χ2n) is 4.43. The standard InChI is InChI=1S/C10H15F2N3O2S/c11-10(12)15-3-2-14-9(15)6-13-5-8-1-4-18(16,17)7-8/h2-3,8,10,13H,1,4-7H2. The Bertz CT molecular complexity index is 501. The molecule has 2 heterocycles. The van der Waals surface area contributed by atoms with Crippen LogP contribution in [0.25, 0.3) is 0 Å². The predicted molar refractivity (Wildman–Crippen MR) is 61.9 cm³/mol. The molecule has 102 valence electrons. The quantitative estimate of drug-likeness (QED) is 0.866. The summed E-state index contributed by atoms with van der Waals surface area (Å²) in [5.41, 5.74) is 0. The van der Waals surface area contributed by atoms with Gasteiger partial charge in [0, 0.05) is 12.4 Å². The van der Waals surface area contributed by atoms with Crippen LogP contribution in [0.15, 0.2) is 12.4 Å². The summed E-state index contributed by atoms with van der Waals surface area (Å²) in [5, 5.41) is 2.98. The molecule has 0 saturated carbocycles. The van der Waals surface area contributed by atoms with Gasteiger partial charge < -0.3 is 5.32 Å². The highest BCUT2D eigenvalue weighted by Crippen LogP contribution is 2.17. The largest absolute Gasteiger partial charge is 0.319 e. The van der Waals surface area contributed by atoms with Crippen molar-refractivity contribution in [2.75, 3.05) is 18.1 Å².